The molecule has 0 saturated heterocycles. The third-order valence-electron chi connectivity index (χ3n) is 7.30. The monoisotopic (exact) mass is 522 g/mol. The Morgan fingerprint density at radius 1 is 1.00 bits per heavy atom. The number of aromatic nitrogens is 1. The van der Waals surface area contributed by atoms with E-state index >= 15 is 0 Å². The largest absolute Gasteiger partial charge is 0.496 e. The minimum Gasteiger partial charge on any atom is -0.496 e. The van der Waals surface area contributed by atoms with Gasteiger partial charge in [-0.25, -0.2) is 9.79 Å². The van der Waals surface area contributed by atoms with Crippen molar-refractivity contribution in [1.82, 2.24) is 4.98 Å². The molecule has 6 rings (SSSR count). The summed E-state index contributed by atoms with van der Waals surface area (Å²) in [7, 11) is 3.34. The predicted molar refractivity (Wildman–Crippen MR) is 156 cm³/mol. The summed E-state index contributed by atoms with van der Waals surface area (Å²) in [5, 5.41) is 1.42. The normalized spacial score (nSPS) is 17.2. The van der Waals surface area contributed by atoms with Crippen LogP contribution in [0.25, 0.3) is 17.0 Å². The molecule has 1 aliphatic carbocycles. The van der Waals surface area contributed by atoms with Crippen LogP contribution in [0.4, 0.5) is 0 Å². The molecule has 0 radical (unpaired) electrons. The highest BCUT2D eigenvalue weighted by Crippen LogP contribution is 2.39. The summed E-state index contributed by atoms with van der Waals surface area (Å²) in [6, 6.07) is 22.6. The van der Waals surface area contributed by atoms with Gasteiger partial charge in [-0.05, 0) is 74.1 Å². The number of methoxy groups -OCH3 is 2. The number of H-pyrrole nitrogens is 1. The van der Waals surface area contributed by atoms with Crippen LogP contribution in [0.2, 0.25) is 0 Å². The Balaban J connectivity index is 0.000000169. The van der Waals surface area contributed by atoms with Crippen molar-refractivity contribution >= 4 is 28.8 Å². The van der Waals surface area contributed by atoms with Crippen molar-refractivity contribution in [2.24, 2.45) is 4.99 Å². The molecule has 1 aromatic heterocycles. The molecule has 0 spiro atoms. The smallest absolute Gasteiger partial charge is 0.363 e. The van der Waals surface area contributed by atoms with Gasteiger partial charge in [-0.15, -0.1) is 0 Å². The Hall–Kier alpha value is -4.32. The molecule has 0 saturated carbocycles. The van der Waals surface area contributed by atoms with Crippen LogP contribution >= 0.6 is 0 Å². The molecule has 1 atom stereocenters. The maximum atomic E-state index is 11.3. The van der Waals surface area contributed by atoms with Gasteiger partial charge >= 0.3 is 5.97 Å². The van der Waals surface area contributed by atoms with E-state index in [-0.39, 0.29) is 0 Å². The van der Waals surface area contributed by atoms with Crippen LogP contribution < -0.4 is 9.47 Å². The Kier molecular flexibility index (Phi) is 7.82. The zero-order valence-electron chi connectivity index (χ0n) is 22.9. The number of aliphatic imine (C=N–C) groups is 1. The number of ether oxygens (including phenoxy) is 3. The number of fused-ring (bicyclic) bond motifs is 3. The number of rotatable bonds is 5. The molecule has 1 N–H and O–H groups in total. The molecule has 2 heterocycles. The molecule has 0 bridgehead atoms. The lowest BCUT2D eigenvalue weighted by Crippen LogP contribution is -2.12. The number of cyclic esters (lactones) is 1. The van der Waals surface area contributed by atoms with Crippen LogP contribution in [0.5, 0.6) is 11.5 Å². The second-order valence-electron chi connectivity index (χ2n) is 9.96. The quantitative estimate of drug-likeness (QED) is 0.223. The molecule has 0 fully saturated rings. The number of benzene rings is 3. The fourth-order valence-electron chi connectivity index (χ4n) is 5.46. The number of carbonyl (C=O) groups is 1. The van der Waals surface area contributed by atoms with Crippen LogP contribution in [0.3, 0.4) is 0 Å². The van der Waals surface area contributed by atoms with Crippen molar-refractivity contribution in [3.8, 4) is 11.5 Å². The molecule has 6 nitrogen and oxygen atoms in total. The SMILES string of the molecule is COc1ccccc1/C=C1\N=C(C)OC1=O.COc1ccccc1CC1CCCc2c1[nH]c1ccc(C)cc21. The first kappa shape index (κ1) is 26.3. The number of aryl methyl sites for hydroxylation is 2. The molecule has 0 amide bonds. The van der Waals surface area contributed by atoms with Gasteiger partial charge in [0.25, 0.3) is 0 Å². The number of hydrogen-bond donors (Lipinski definition) is 1. The minimum absolute atomic E-state index is 0.294. The number of nitrogens with one attached hydrogen (secondary N) is 1. The van der Waals surface area contributed by atoms with Crippen LogP contribution in [-0.4, -0.2) is 31.1 Å². The number of nitrogens with zero attached hydrogens (tertiary/aromatic N) is 1. The van der Waals surface area contributed by atoms with Gasteiger partial charge in [0, 0.05) is 35.0 Å². The summed E-state index contributed by atoms with van der Waals surface area (Å²) in [4.78, 5) is 19.0. The van der Waals surface area contributed by atoms with E-state index in [0.29, 0.717) is 23.3 Å². The average molecular weight is 523 g/mol. The van der Waals surface area contributed by atoms with Crippen molar-refractivity contribution in [2.45, 2.75) is 45.4 Å². The number of esters is 1. The molecule has 1 aliphatic heterocycles. The van der Waals surface area contributed by atoms with Crippen LogP contribution in [0.15, 0.2) is 77.4 Å². The highest BCUT2D eigenvalue weighted by atomic mass is 16.6. The Morgan fingerprint density at radius 2 is 1.74 bits per heavy atom. The van der Waals surface area contributed by atoms with Gasteiger partial charge in [0.1, 0.15) is 11.5 Å². The van der Waals surface area contributed by atoms with Gasteiger partial charge in [-0.3, -0.25) is 0 Å². The van der Waals surface area contributed by atoms with Crippen molar-refractivity contribution in [2.75, 3.05) is 14.2 Å². The Labute approximate surface area is 229 Å². The van der Waals surface area contributed by atoms with Gasteiger partial charge in [0.05, 0.1) is 14.2 Å². The summed E-state index contributed by atoms with van der Waals surface area (Å²) in [5.41, 5.74) is 8.01. The molecule has 200 valence electrons. The molecule has 4 aromatic rings. The molecule has 1 unspecified atom stereocenters. The predicted octanol–water partition coefficient (Wildman–Crippen LogP) is 7.16. The van der Waals surface area contributed by atoms with E-state index in [1.165, 1.54) is 52.5 Å². The molecular formula is C33H34N2O4. The van der Waals surface area contributed by atoms with Crippen molar-refractivity contribution in [3.05, 3.63) is 100 Å². The van der Waals surface area contributed by atoms with E-state index in [9.17, 15) is 4.79 Å². The molecular weight excluding hydrogens is 488 g/mol. The Morgan fingerprint density at radius 3 is 2.49 bits per heavy atom. The van der Waals surface area contributed by atoms with Crippen molar-refractivity contribution in [1.29, 1.82) is 0 Å². The summed E-state index contributed by atoms with van der Waals surface area (Å²) in [5.74, 6) is 2.20. The third-order valence-corrected chi connectivity index (χ3v) is 7.30. The fraction of sp³-hybridized carbons (Fsp3) is 0.273. The van der Waals surface area contributed by atoms with E-state index in [4.69, 9.17) is 14.2 Å². The van der Waals surface area contributed by atoms with Gasteiger partial charge in [-0.2, -0.15) is 0 Å². The molecule has 6 heteroatoms. The average Bonchev–Trinajstić information content (AvgIpc) is 3.48. The summed E-state index contributed by atoms with van der Waals surface area (Å²) in [6.07, 6.45) is 6.41. The lowest BCUT2D eigenvalue weighted by Gasteiger charge is -2.23. The maximum absolute atomic E-state index is 11.3. The first-order valence-electron chi connectivity index (χ1n) is 13.3. The first-order valence-corrected chi connectivity index (χ1v) is 13.3. The minimum atomic E-state index is -0.427. The lowest BCUT2D eigenvalue weighted by molar-refractivity contribution is -0.130. The van der Waals surface area contributed by atoms with E-state index < -0.39 is 5.97 Å². The van der Waals surface area contributed by atoms with E-state index in [1.807, 2.05) is 30.3 Å². The Bertz CT molecular complexity index is 1560. The summed E-state index contributed by atoms with van der Waals surface area (Å²) >= 11 is 0. The van der Waals surface area contributed by atoms with E-state index in [2.05, 4.69) is 53.3 Å². The van der Waals surface area contributed by atoms with E-state index in [0.717, 1.165) is 17.7 Å². The number of para-hydroxylation sites is 2. The van der Waals surface area contributed by atoms with Gasteiger partial charge in [-0.1, -0.05) is 48.0 Å². The second-order valence-corrected chi connectivity index (χ2v) is 9.96. The highest BCUT2D eigenvalue weighted by molar-refractivity contribution is 6.06. The topological polar surface area (TPSA) is 72.9 Å². The van der Waals surface area contributed by atoms with Crippen LogP contribution in [0.1, 0.15) is 53.6 Å². The van der Waals surface area contributed by atoms with E-state index in [1.54, 1.807) is 27.2 Å². The number of carbonyl (C=O) groups excluding carboxylic acids is 1. The molecule has 3 aromatic carbocycles. The molecule has 2 aliphatic rings. The van der Waals surface area contributed by atoms with Gasteiger partial charge in [0.2, 0.25) is 0 Å². The maximum Gasteiger partial charge on any atom is 0.363 e. The van der Waals surface area contributed by atoms with Gasteiger partial charge in [0.15, 0.2) is 11.6 Å². The van der Waals surface area contributed by atoms with Crippen molar-refractivity contribution in [3.63, 3.8) is 0 Å². The molecule has 39 heavy (non-hydrogen) atoms. The second kappa shape index (κ2) is 11.6. The van der Waals surface area contributed by atoms with Crippen LogP contribution in [0, 0.1) is 6.92 Å². The first-order chi connectivity index (χ1) is 19.0. The number of aromatic amines is 1. The fourth-order valence-corrected chi connectivity index (χ4v) is 5.46. The van der Waals surface area contributed by atoms with Gasteiger partial charge < -0.3 is 19.2 Å². The lowest BCUT2D eigenvalue weighted by atomic mass is 9.83. The van der Waals surface area contributed by atoms with Crippen molar-refractivity contribution < 1.29 is 19.0 Å². The van der Waals surface area contributed by atoms with Crippen LogP contribution in [-0.2, 0) is 22.4 Å². The zero-order chi connectivity index (χ0) is 27.4. The summed E-state index contributed by atoms with van der Waals surface area (Å²) < 4.78 is 15.5. The highest BCUT2D eigenvalue weighted by Gasteiger charge is 2.25. The third kappa shape index (κ3) is 5.75. The number of hydrogen-bond acceptors (Lipinski definition) is 5. The summed E-state index contributed by atoms with van der Waals surface area (Å²) in [6.45, 7) is 3.81. The zero-order valence-corrected chi connectivity index (χ0v) is 22.9. The standard InChI is InChI=1S/C21H23NO.C12H11NO3/c1-14-10-11-19-18(12-14)17-8-5-7-16(21(17)22-19)13-15-6-3-4-9-20(15)23-2;1-8-13-10(12(14)16-8)7-9-5-3-4-6-11(9)15-2/h3-4,6,9-12,16,22H,5,7-8,13H2,1-2H3;3-7H,1-2H3/b;10-7-.